The zero-order valence-electron chi connectivity index (χ0n) is 11.7. The summed E-state index contributed by atoms with van der Waals surface area (Å²) in [5.41, 5.74) is 2.31. The first-order valence-corrected chi connectivity index (χ1v) is 7.23. The summed E-state index contributed by atoms with van der Waals surface area (Å²) in [5, 5.41) is 3.02. The molecule has 0 fully saturated rings. The average molecular weight is 257 g/mol. The van der Waals surface area contributed by atoms with Gasteiger partial charge in [0.15, 0.2) is 0 Å². The third kappa shape index (κ3) is 4.90. The number of amides is 1. The van der Waals surface area contributed by atoms with Gasteiger partial charge in [0.2, 0.25) is 5.91 Å². The van der Waals surface area contributed by atoms with E-state index in [1.54, 1.807) is 0 Å². The van der Waals surface area contributed by atoms with Gasteiger partial charge in [0.1, 0.15) is 0 Å². The van der Waals surface area contributed by atoms with E-state index in [1.807, 2.05) is 12.1 Å². The maximum atomic E-state index is 11.8. The molecule has 102 valence electrons. The Hall–Kier alpha value is -1.57. The lowest BCUT2D eigenvalue weighted by Gasteiger charge is -2.16. The van der Waals surface area contributed by atoms with Crippen LogP contribution in [0.25, 0.3) is 0 Å². The molecule has 1 atom stereocenters. The normalized spacial score (nSPS) is 18.3. The third-order valence-electron chi connectivity index (χ3n) is 3.68. The van der Waals surface area contributed by atoms with Crippen LogP contribution in [0.5, 0.6) is 0 Å². The van der Waals surface area contributed by atoms with Crippen LogP contribution in [0.2, 0.25) is 0 Å². The van der Waals surface area contributed by atoms with Crippen molar-refractivity contribution in [2.24, 2.45) is 5.92 Å². The van der Waals surface area contributed by atoms with Gasteiger partial charge < -0.3 is 5.32 Å². The van der Waals surface area contributed by atoms with Crippen LogP contribution in [0.15, 0.2) is 36.4 Å². The second kappa shape index (κ2) is 7.13. The van der Waals surface area contributed by atoms with Crippen LogP contribution in [-0.2, 0) is 11.2 Å². The van der Waals surface area contributed by atoms with Crippen molar-refractivity contribution in [2.75, 3.05) is 6.54 Å². The highest BCUT2D eigenvalue weighted by molar-refractivity contribution is 5.78. The van der Waals surface area contributed by atoms with E-state index >= 15 is 0 Å². The molecule has 2 rings (SSSR count). The second-order valence-corrected chi connectivity index (χ2v) is 5.42. The molecular weight excluding hydrogens is 234 g/mol. The molecule has 0 spiro atoms. The summed E-state index contributed by atoms with van der Waals surface area (Å²) in [7, 11) is 0. The second-order valence-electron chi connectivity index (χ2n) is 5.42. The maximum absolute atomic E-state index is 11.8. The van der Waals surface area contributed by atoms with E-state index in [0.29, 0.717) is 12.3 Å². The topological polar surface area (TPSA) is 29.1 Å². The van der Waals surface area contributed by atoms with E-state index in [9.17, 15) is 4.79 Å². The lowest BCUT2D eigenvalue weighted by Crippen LogP contribution is -2.27. The van der Waals surface area contributed by atoms with Crippen LogP contribution in [-0.4, -0.2) is 12.5 Å². The van der Waals surface area contributed by atoms with Crippen molar-refractivity contribution >= 4 is 5.91 Å². The highest BCUT2D eigenvalue weighted by Crippen LogP contribution is 2.19. The molecule has 0 aromatic heterocycles. The Morgan fingerprint density at radius 2 is 2.11 bits per heavy atom. The Morgan fingerprint density at radius 1 is 1.32 bits per heavy atom. The van der Waals surface area contributed by atoms with E-state index in [0.717, 1.165) is 18.5 Å². The molecule has 1 amide bonds. The monoisotopic (exact) mass is 257 g/mol. The predicted molar refractivity (Wildman–Crippen MR) is 79.0 cm³/mol. The number of allylic oxidation sites excluding steroid dienone is 2. The van der Waals surface area contributed by atoms with Gasteiger partial charge in [-0.25, -0.2) is 0 Å². The molecule has 1 unspecified atom stereocenters. The van der Waals surface area contributed by atoms with Crippen LogP contribution in [0.4, 0.5) is 0 Å². The molecular formula is C17H23NO. The third-order valence-corrected chi connectivity index (χ3v) is 3.68. The first kappa shape index (κ1) is 13.9. The minimum atomic E-state index is 0.128. The van der Waals surface area contributed by atoms with Crippen LogP contribution in [0.1, 0.15) is 36.8 Å². The number of rotatable bonds is 5. The molecule has 1 N–H and O–H groups in total. The van der Waals surface area contributed by atoms with Gasteiger partial charge in [0.25, 0.3) is 0 Å². The van der Waals surface area contributed by atoms with Crippen molar-refractivity contribution in [3.63, 3.8) is 0 Å². The highest BCUT2D eigenvalue weighted by atomic mass is 16.1. The number of carbonyl (C=O) groups excluding carboxylic acids is 1. The van der Waals surface area contributed by atoms with Crippen molar-refractivity contribution in [1.82, 2.24) is 5.32 Å². The van der Waals surface area contributed by atoms with Gasteiger partial charge in [0, 0.05) is 6.54 Å². The van der Waals surface area contributed by atoms with E-state index < -0.39 is 0 Å². The minimum Gasteiger partial charge on any atom is -0.356 e. The molecule has 0 saturated heterocycles. The Balaban J connectivity index is 1.68. The van der Waals surface area contributed by atoms with Crippen LogP contribution in [0.3, 0.4) is 0 Å². The van der Waals surface area contributed by atoms with Crippen molar-refractivity contribution in [1.29, 1.82) is 0 Å². The molecule has 1 aromatic carbocycles. The Bertz CT molecular complexity index is 433. The standard InChI is InChI=1S/C17H23NO/c1-14-7-9-16(10-8-14)13-17(19)18-12-11-15-5-3-2-4-6-15/h3,5,7-10,15H,2,4,6,11-13H2,1H3,(H,18,19). The zero-order chi connectivity index (χ0) is 13.5. The van der Waals surface area contributed by atoms with Gasteiger partial charge in [-0.2, -0.15) is 0 Å². The fourth-order valence-corrected chi connectivity index (χ4v) is 2.47. The molecule has 0 radical (unpaired) electrons. The molecule has 1 aliphatic carbocycles. The SMILES string of the molecule is Cc1ccc(CC(=O)NCCC2C=CCCC2)cc1. The van der Waals surface area contributed by atoms with E-state index in [2.05, 4.69) is 36.5 Å². The molecule has 0 saturated carbocycles. The molecule has 0 aliphatic heterocycles. The van der Waals surface area contributed by atoms with Gasteiger partial charge >= 0.3 is 0 Å². The van der Waals surface area contributed by atoms with Crippen molar-refractivity contribution in [2.45, 2.75) is 39.0 Å². The largest absolute Gasteiger partial charge is 0.356 e. The summed E-state index contributed by atoms with van der Waals surface area (Å²) in [6.07, 6.45) is 9.90. The number of carbonyl (C=O) groups is 1. The van der Waals surface area contributed by atoms with Gasteiger partial charge in [-0.1, -0.05) is 42.0 Å². The van der Waals surface area contributed by atoms with Crippen LogP contribution >= 0.6 is 0 Å². The predicted octanol–water partition coefficient (Wildman–Crippen LogP) is 3.40. The molecule has 2 nitrogen and oxygen atoms in total. The Labute approximate surface area is 115 Å². The number of benzene rings is 1. The van der Waals surface area contributed by atoms with E-state index in [-0.39, 0.29) is 5.91 Å². The number of nitrogens with one attached hydrogen (secondary N) is 1. The lowest BCUT2D eigenvalue weighted by atomic mass is 9.93. The summed E-state index contributed by atoms with van der Waals surface area (Å²) >= 11 is 0. The molecule has 0 heterocycles. The number of hydrogen-bond donors (Lipinski definition) is 1. The van der Waals surface area contributed by atoms with E-state index in [4.69, 9.17) is 0 Å². The van der Waals surface area contributed by atoms with Gasteiger partial charge in [-0.3, -0.25) is 4.79 Å². The van der Waals surface area contributed by atoms with Crippen LogP contribution in [0, 0.1) is 12.8 Å². The van der Waals surface area contributed by atoms with E-state index in [1.165, 1.54) is 24.8 Å². The summed E-state index contributed by atoms with van der Waals surface area (Å²) in [5.74, 6) is 0.789. The van der Waals surface area contributed by atoms with Crippen molar-refractivity contribution < 1.29 is 4.79 Å². The fraction of sp³-hybridized carbons (Fsp3) is 0.471. The van der Waals surface area contributed by atoms with Gasteiger partial charge in [0.05, 0.1) is 6.42 Å². The van der Waals surface area contributed by atoms with Gasteiger partial charge in [-0.05, 0) is 44.1 Å². The molecule has 19 heavy (non-hydrogen) atoms. The first-order valence-electron chi connectivity index (χ1n) is 7.23. The van der Waals surface area contributed by atoms with Crippen molar-refractivity contribution in [3.05, 3.63) is 47.5 Å². The average Bonchev–Trinajstić information content (AvgIpc) is 2.43. The first-order chi connectivity index (χ1) is 9.24. The summed E-state index contributed by atoms with van der Waals surface area (Å²) in [6.45, 7) is 2.85. The Morgan fingerprint density at radius 3 is 2.79 bits per heavy atom. The number of aryl methyl sites for hydroxylation is 1. The highest BCUT2D eigenvalue weighted by Gasteiger charge is 2.09. The molecule has 1 aromatic rings. The maximum Gasteiger partial charge on any atom is 0.224 e. The van der Waals surface area contributed by atoms with Crippen LogP contribution < -0.4 is 5.32 Å². The molecule has 1 aliphatic rings. The molecule has 0 bridgehead atoms. The summed E-state index contributed by atoms with van der Waals surface area (Å²) in [6, 6.07) is 8.16. The fourth-order valence-electron chi connectivity index (χ4n) is 2.47. The minimum absolute atomic E-state index is 0.128. The smallest absolute Gasteiger partial charge is 0.224 e. The number of hydrogen-bond acceptors (Lipinski definition) is 1. The summed E-state index contributed by atoms with van der Waals surface area (Å²) in [4.78, 5) is 11.8. The lowest BCUT2D eigenvalue weighted by molar-refractivity contribution is -0.120. The van der Waals surface area contributed by atoms with Crippen molar-refractivity contribution in [3.8, 4) is 0 Å². The molecule has 2 heteroatoms. The van der Waals surface area contributed by atoms with Gasteiger partial charge in [-0.15, -0.1) is 0 Å². The quantitative estimate of drug-likeness (QED) is 0.805. The zero-order valence-corrected chi connectivity index (χ0v) is 11.7. The Kier molecular flexibility index (Phi) is 5.20. The summed E-state index contributed by atoms with van der Waals surface area (Å²) < 4.78 is 0.